The number of carbonyl (C=O) groups is 1. The first-order valence-corrected chi connectivity index (χ1v) is 8.39. The second-order valence-electron chi connectivity index (χ2n) is 6.08. The van der Waals surface area contributed by atoms with E-state index in [1.165, 1.54) is 18.2 Å². The summed E-state index contributed by atoms with van der Waals surface area (Å²) in [7, 11) is 0. The summed E-state index contributed by atoms with van der Waals surface area (Å²) >= 11 is 6.08. The van der Waals surface area contributed by atoms with Crippen molar-refractivity contribution in [2.24, 2.45) is 0 Å². The van der Waals surface area contributed by atoms with Crippen LogP contribution in [0.15, 0.2) is 42.5 Å². The van der Waals surface area contributed by atoms with Crippen LogP contribution >= 0.6 is 11.6 Å². The number of hydrogen-bond donors (Lipinski definition) is 0. The second-order valence-corrected chi connectivity index (χ2v) is 6.49. The van der Waals surface area contributed by atoms with Gasteiger partial charge in [0.05, 0.1) is 6.54 Å². The average molecular weight is 350 g/mol. The van der Waals surface area contributed by atoms with E-state index in [2.05, 4.69) is 0 Å². The predicted molar refractivity (Wildman–Crippen MR) is 89.7 cm³/mol. The lowest BCUT2D eigenvalue weighted by molar-refractivity contribution is -0.132. The van der Waals surface area contributed by atoms with E-state index in [9.17, 15) is 13.6 Å². The van der Waals surface area contributed by atoms with Gasteiger partial charge in [0.25, 0.3) is 0 Å². The molecule has 24 heavy (non-hydrogen) atoms. The molecule has 1 aliphatic carbocycles. The van der Waals surface area contributed by atoms with Crippen LogP contribution in [0.4, 0.5) is 8.78 Å². The summed E-state index contributed by atoms with van der Waals surface area (Å²) in [4.78, 5) is 14.3. The third-order valence-corrected chi connectivity index (χ3v) is 4.59. The first kappa shape index (κ1) is 16.9. The fourth-order valence-electron chi connectivity index (χ4n) is 2.71. The van der Waals surface area contributed by atoms with Crippen molar-refractivity contribution in [3.8, 4) is 0 Å². The van der Waals surface area contributed by atoms with Crippen LogP contribution < -0.4 is 0 Å². The van der Waals surface area contributed by atoms with Crippen LogP contribution in [0.2, 0.25) is 5.02 Å². The van der Waals surface area contributed by atoms with Gasteiger partial charge in [-0.3, -0.25) is 4.79 Å². The van der Waals surface area contributed by atoms with E-state index in [0.29, 0.717) is 23.4 Å². The van der Waals surface area contributed by atoms with Crippen LogP contribution in [0.5, 0.6) is 0 Å². The first-order valence-electron chi connectivity index (χ1n) is 8.01. The lowest BCUT2D eigenvalue weighted by atomic mass is 10.1. The largest absolute Gasteiger partial charge is 0.335 e. The molecular weight excluding hydrogens is 332 g/mol. The number of benzene rings is 2. The highest BCUT2D eigenvalue weighted by molar-refractivity contribution is 6.31. The van der Waals surface area contributed by atoms with Crippen molar-refractivity contribution in [1.29, 1.82) is 0 Å². The van der Waals surface area contributed by atoms with E-state index in [-0.39, 0.29) is 30.1 Å². The molecule has 1 saturated carbocycles. The van der Waals surface area contributed by atoms with Crippen LogP contribution in [-0.4, -0.2) is 16.8 Å². The molecule has 0 bridgehead atoms. The maximum absolute atomic E-state index is 14.0. The highest BCUT2D eigenvalue weighted by Crippen LogP contribution is 2.31. The lowest BCUT2D eigenvalue weighted by Crippen LogP contribution is -2.33. The Balaban J connectivity index is 1.67. The Morgan fingerprint density at radius 1 is 1.12 bits per heavy atom. The van der Waals surface area contributed by atoms with Gasteiger partial charge in [-0.1, -0.05) is 29.8 Å². The lowest BCUT2D eigenvalue weighted by Gasteiger charge is -2.23. The minimum Gasteiger partial charge on any atom is -0.335 e. The Kier molecular flexibility index (Phi) is 5.14. The quantitative estimate of drug-likeness (QED) is 0.737. The molecular formula is C19H18ClF2NO. The highest BCUT2D eigenvalue weighted by atomic mass is 35.5. The fourth-order valence-corrected chi connectivity index (χ4v) is 2.93. The smallest absolute Gasteiger partial charge is 0.223 e. The topological polar surface area (TPSA) is 20.3 Å². The highest BCUT2D eigenvalue weighted by Gasteiger charge is 2.33. The average Bonchev–Trinajstić information content (AvgIpc) is 3.39. The Hall–Kier alpha value is -1.94. The van der Waals surface area contributed by atoms with Gasteiger partial charge in [0.2, 0.25) is 5.91 Å². The molecule has 0 radical (unpaired) electrons. The van der Waals surface area contributed by atoms with Gasteiger partial charge < -0.3 is 4.90 Å². The molecule has 0 spiro atoms. The standard InChI is InChI=1S/C19H18ClF2NO/c20-17-2-1-3-18(22)16(17)12-23(15-9-10-15)19(24)11-6-13-4-7-14(21)8-5-13/h1-5,7-8,15H,6,9-12H2. The van der Waals surface area contributed by atoms with Crippen molar-refractivity contribution in [3.63, 3.8) is 0 Å². The predicted octanol–water partition coefficient (Wildman–Crippen LogP) is 4.74. The Bertz CT molecular complexity index is 708. The maximum Gasteiger partial charge on any atom is 0.223 e. The van der Waals surface area contributed by atoms with E-state index in [1.54, 1.807) is 29.2 Å². The SMILES string of the molecule is O=C(CCc1ccc(F)cc1)N(Cc1c(F)cccc1Cl)C1CC1. The monoisotopic (exact) mass is 349 g/mol. The number of hydrogen-bond acceptors (Lipinski definition) is 1. The van der Waals surface area contributed by atoms with Gasteiger partial charge in [-0.15, -0.1) is 0 Å². The Morgan fingerprint density at radius 3 is 2.46 bits per heavy atom. The molecule has 2 aromatic carbocycles. The molecule has 0 saturated heterocycles. The van der Waals surface area contributed by atoms with Crippen molar-refractivity contribution in [1.82, 2.24) is 4.90 Å². The molecule has 1 amide bonds. The molecule has 5 heteroatoms. The van der Waals surface area contributed by atoms with E-state index in [0.717, 1.165) is 18.4 Å². The van der Waals surface area contributed by atoms with E-state index >= 15 is 0 Å². The summed E-state index contributed by atoms with van der Waals surface area (Å²) in [6, 6.07) is 10.8. The van der Waals surface area contributed by atoms with Gasteiger partial charge in [0.1, 0.15) is 11.6 Å². The number of amides is 1. The third-order valence-electron chi connectivity index (χ3n) is 4.24. The van der Waals surface area contributed by atoms with Crippen LogP contribution in [0.25, 0.3) is 0 Å². The molecule has 2 nitrogen and oxygen atoms in total. The molecule has 0 atom stereocenters. The van der Waals surface area contributed by atoms with Gasteiger partial charge in [-0.2, -0.15) is 0 Å². The summed E-state index contributed by atoms with van der Waals surface area (Å²) in [6.07, 6.45) is 2.73. The van der Waals surface area contributed by atoms with Crippen molar-refractivity contribution in [2.75, 3.05) is 0 Å². The van der Waals surface area contributed by atoms with Crippen LogP contribution in [0, 0.1) is 11.6 Å². The second kappa shape index (κ2) is 7.31. The molecule has 1 aliphatic rings. The molecule has 126 valence electrons. The van der Waals surface area contributed by atoms with E-state index in [1.807, 2.05) is 0 Å². The molecule has 2 aromatic rings. The van der Waals surface area contributed by atoms with Gasteiger partial charge in [-0.05, 0) is 49.1 Å². The van der Waals surface area contributed by atoms with Crippen molar-refractivity contribution < 1.29 is 13.6 Å². The molecule has 0 N–H and O–H groups in total. The van der Waals surface area contributed by atoms with Crippen molar-refractivity contribution in [2.45, 2.75) is 38.3 Å². The number of rotatable bonds is 6. The number of carbonyl (C=O) groups excluding carboxylic acids is 1. The Morgan fingerprint density at radius 2 is 1.83 bits per heavy atom. The summed E-state index contributed by atoms with van der Waals surface area (Å²) < 4.78 is 26.9. The summed E-state index contributed by atoms with van der Waals surface area (Å²) in [5.74, 6) is -0.709. The zero-order chi connectivity index (χ0) is 17.1. The van der Waals surface area contributed by atoms with E-state index < -0.39 is 0 Å². The van der Waals surface area contributed by atoms with Crippen LogP contribution in [0.3, 0.4) is 0 Å². The summed E-state index contributed by atoms with van der Waals surface area (Å²) in [5.41, 5.74) is 1.27. The minimum absolute atomic E-state index is 0.0267. The molecule has 0 aromatic heterocycles. The molecule has 0 aliphatic heterocycles. The number of halogens is 3. The van der Waals surface area contributed by atoms with Crippen molar-refractivity contribution in [3.05, 3.63) is 70.2 Å². The molecule has 1 fully saturated rings. The van der Waals surface area contributed by atoms with Crippen molar-refractivity contribution >= 4 is 17.5 Å². The Labute approximate surface area is 145 Å². The maximum atomic E-state index is 14.0. The molecule has 0 heterocycles. The van der Waals surface area contributed by atoms with E-state index in [4.69, 9.17) is 11.6 Å². The molecule has 0 unspecified atom stereocenters. The third kappa shape index (κ3) is 4.12. The number of aryl methyl sites for hydroxylation is 1. The minimum atomic E-state index is -0.389. The van der Waals surface area contributed by atoms with Gasteiger partial charge in [-0.25, -0.2) is 8.78 Å². The van der Waals surface area contributed by atoms with Gasteiger partial charge >= 0.3 is 0 Å². The van der Waals surface area contributed by atoms with Crippen LogP contribution in [0.1, 0.15) is 30.4 Å². The summed E-state index contributed by atoms with van der Waals surface area (Å²) in [6.45, 7) is 0.193. The van der Waals surface area contributed by atoms with Crippen LogP contribution in [-0.2, 0) is 17.8 Å². The normalized spacial score (nSPS) is 13.8. The fraction of sp³-hybridized carbons (Fsp3) is 0.316. The zero-order valence-electron chi connectivity index (χ0n) is 13.1. The first-order chi connectivity index (χ1) is 11.5. The van der Waals surface area contributed by atoms with Gasteiger partial charge in [0, 0.05) is 23.0 Å². The van der Waals surface area contributed by atoms with Gasteiger partial charge in [0.15, 0.2) is 0 Å². The molecule has 3 rings (SSSR count). The summed E-state index contributed by atoms with van der Waals surface area (Å²) in [5, 5.41) is 0.340. The number of nitrogens with zero attached hydrogens (tertiary/aromatic N) is 1. The zero-order valence-corrected chi connectivity index (χ0v) is 13.9.